The number of anilines is 1. The molecule has 1 aliphatic rings. The molecule has 1 N–H and O–H groups in total. The highest BCUT2D eigenvalue weighted by molar-refractivity contribution is 5.89. The molecule has 3 rings (SSSR count). The molecule has 1 saturated heterocycles. The number of nitrogens with one attached hydrogen (secondary N) is 1. The molecule has 1 aliphatic heterocycles. The average molecular weight is 312 g/mol. The van der Waals surface area contributed by atoms with Gasteiger partial charge in [0.2, 0.25) is 0 Å². The molecule has 2 amide bonds. The van der Waals surface area contributed by atoms with Crippen molar-refractivity contribution in [2.45, 2.75) is 19.4 Å². The van der Waals surface area contributed by atoms with Crippen molar-refractivity contribution in [1.29, 1.82) is 0 Å². The maximum Gasteiger partial charge on any atom is 0.322 e. The Kier molecular flexibility index (Phi) is 4.83. The van der Waals surface area contributed by atoms with Crippen LogP contribution in [0, 0.1) is 0 Å². The van der Waals surface area contributed by atoms with Crippen LogP contribution >= 0.6 is 0 Å². The van der Waals surface area contributed by atoms with Crippen molar-refractivity contribution >= 4 is 11.7 Å². The first-order valence-electron chi connectivity index (χ1n) is 7.79. The molecule has 6 heteroatoms. The van der Waals surface area contributed by atoms with Crippen LogP contribution in [0.1, 0.15) is 24.2 Å². The maximum atomic E-state index is 12.4. The van der Waals surface area contributed by atoms with E-state index in [9.17, 15) is 4.79 Å². The largest absolute Gasteiger partial charge is 0.370 e. The fourth-order valence-electron chi connectivity index (χ4n) is 2.57. The van der Waals surface area contributed by atoms with Crippen molar-refractivity contribution in [2.24, 2.45) is 0 Å². The molecular formula is C17H20N4O2. The van der Waals surface area contributed by atoms with Gasteiger partial charge in [0.15, 0.2) is 0 Å². The van der Waals surface area contributed by atoms with E-state index >= 15 is 0 Å². The van der Waals surface area contributed by atoms with Crippen LogP contribution in [0.5, 0.6) is 0 Å². The molecule has 0 bridgehead atoms. The smallest absolute Gasteiger partial charge is 0.322 e. The number of aryl methyl sites for hydroxylation is 1. The van der Waals surface area contributed by atoms with Crippen LogP contribution in [0.4, 0.5) is 10.5 Å². The molecule has 1 fully saturated rings. The zero-order valence-electron chi connectivity index (χ0n) is 13.1. The fraction of sp³-hybridized carbons (Fsp3) is 0.353. The Morgan fingerprint density at radius 1 is 1.30 bits per heavy atom. The van der Waals surface area contributed by atoms with Gasteiger partial charge in [0.1, 0.15) is 6.10 Å². The molecular weight excluding hydrogens is 292 g/mol. The van der Waals surface area contributed by atoms with E-state index in [0.29, 0.717) is 25.4 Å². The lowest BCUT2D eigenvalue weighted by Crippen LogP contribution is -2.44. The predicted octanol–water partition coefficient (Wildman–Crippen LogP) is 2.64. The van der Waals surface area contributed by atoms with Gasteiger partial charge in [-0.05, 0) is 23.6 Å². The SMILES string of the molecule is CCc1ccc([C@@H]2CN(C(=O)Nc3ccnnc3)CCO2)cc1. The summed E-state index contributed by atoms with van der Waals surface area (Å²) in [6.45, 7) is 3.78. The third-order valence-electron chi connectivity index (χ3n) is 3.95. The lowest BCUT2D eigenvalue weighted by molar-refractivity contribution is -0.0135. The van der Waals surface area contributed by atoms with Crippen molar-refractivity contribution < 1.29 is 9.53 Å². The lowest BCUT2D eigenvalue weighted by Gasteiger charge is -2.33. The number of aromatic nitrogens is 2. The van der Waals surface area contributed by atoms with Gasteiger partial charge in [-0.2, -0.15) is 10.2 Å². The Morgan fingerprint density at radius 3 is 2.83 bits per heavy atom. The molecule has 2 aromatic rings. The molecule has 23 heavy (non-hydrogen) atoms. The van der Waals surface area contributed by atoms with Crippen molar-refractivity contribution in [3.05, 3.63) is 53.9 Å². The van der Waals surface area contributed by atoms with E-state index in [1.807, 2.05) is 0 Å². The van der Waals surface area contributed by atoms with Crippen LogP contribution in [0.3, 0.4) is 0 Å². The summed E-state index contributed by atoms with van der Waals surface area (Å²) >= 11 is 0. The second kappa shape index (κ2) is 7.19. The number of hydrogen-bond donors (Lipinski definition) is 1. The second-order valence-electron chi connectivity index (χ2n) is 5.46. The van der Waals surface area contributed by atoms with E-state index in [0.717, 1.165) is 12.0 Å². The van der Waals surface area contributed by atoms with Gasteiger partial charge in [0, 0.05) is 6.54 Å². The number of urea groups is 1. The molecule has 0 saturated carbocycles. The summed E-state index contributed by atoms with van der Waals surface area (Å²) in [5, 5.41) is 10.3. The Bertz CT molecular complexity index is 645. The summed E-state index contributed by atoms with van der Waals surface area (Å²) in [4.78, 5) is 14.1. The number of ether oxygens (including phenoxy) is 1. The van der Waals surface area contributed by atoms with Crippen molar-refractivity contribution in [2.75, 3.05) is 25.0 Å². The summed E-state index contributed by atoms with van der Waals surface area (Å²) in [5.74, 6) is 0. The number of nitrogens with zero attached hydrogens (tertiary/aromatic N) is 3. The zero-order valence-corrected chi connectivity index (χ0v) is 13.1. The molecule has 1 aromatic carbocycles. The maximum absolute atomic E-state index is 12.4. The fourth-order valence-corrected chi connectivity index (χ4v) is 2.57. The molecule has 0 aliphatic carbocycles. The topological polar surface area (TPSA) is 67.4 Å². The first-order valence-corrected chi connectivity index (χ1v) is 7.79. The minimum absolute atomic E-state index is 0.0871. The minimum Gasteiger partial charge on any atom is -0.370 e. The standard InChI is InChI=1S/C17H20N4O2/c1-2-13-3-5-14(6-4-13)16-12-21(9-10-23-16)17(22)20-15-7-8-18-19-11-15/h3-8,11,16H,2,9-10,12H2,1H3,(H,18,20,22)/t16-/m0/s1. The number of benzene rings is 1. The summed E-state index contributed by atoms with van der Waals surface area (Å²) in [6, 6.07) is 9.96. The van der Waals surface area contributed by atoms with Crippen LogP contribution in [0.25, 0.3) is 0 Å². The average Bonchev–Trinajstić information content (AvgIpc) is 2.63. The molecule has 6 nitrogen and oxygen atoms in total. The summed E-state index contributed by atoms with van der Waals surface area (Å²) in [7, 11) is 0. The van der Waals surface area contributed by atoms with E-state index in [2.05, 4.69) is 46.7 Å². The van der Waals surface area contributed by atoms with Crippen LogP contribution < -0.4 is 5.32 Å². The van der Waals surface area contributed by atoms with Gasteiger partial charge in [-0.1, -0.05) is 31.2 Å². The van der Waals surface area contributed by atoms with E-state index in [1.165, 1.54) is 11.8 Å². The molecule has 120 valence electrons. The molecule has 0 spiro atoms. The first-order chi connectivity index (χ1) is 11.3. The van der Waals surface area contributed by atoms with E-state index in [-0.39, 0.29) is 12.1 Å². The zero-order chi connectivity index (χ0) is 16.1. The predicted molar refractivity (Wildman–Crippen MR) is 87.1 cm³/mol. The summed E-state index contributed by atoms with van der Waals surface area (Å²) < 4.78 is 5.82. The van der Waals surface area contributed by atoms with Crippen LogP contribution in [0.2, 0.25) is 0 Å². The Morgan fingerprint density at radius 2 is 2.13 bits per heavy atom. The van der Waals surface area contributed by atoms with Crippen LogP contribution in [0.15, 0.2) is 42.7 Å². The van der Waals surface area contributed by atoms with E-state index in [4.69, 9.17) is 4.74 Å². The number of carbonyl (C=O) groups is 1. The number of amides is 2. The number of rotatable bonds is 3. The van der Waals surface area contributed by atoms with Gasteiger partial charge >= 0.3 is 6.03 Å². The lowest BCUT2D eigenvalue weighted by atomic mass is 10.0. The van der Waals surface area contributed by atoms with Gasteiger partial charge in [0.25, 0.3) is 0 Å². The van der Waals surface area contributed by atoms with Gasteiger partial charge in [-0.3, -0.25) is 0 Å². The van der Waals surface area contributed by atoms with Crippen molar-refractivity contribution in [3.63, 3.8) is 0 Å². The first kappa shape index (κ1) is 15.4. The number of hydrogen-bond acceptors (Lipinski definition) is 4. The van der Waals surface area contributed by atoms with Crippen molar-refractivity contribution in [3.8, 4) is 0 Å². The highest BCUT2D eigenvalue weighted by Gasteiger charge is 2.25. The van der Waals surface area contributed by atoms with Crippen LogP contribution in [-0.2, 0) is 11.2 Å². The summed E-state index contributed by atoms with van der Waals surface area (Å²) in [5.41, 5.74) is 3.04. The Labute approximate surface area is 135 Å². The molecule has 0 radical (unpaired) electrons. The quantitative estimate of drug-likeness (QED) is 0.946. The molecule has 1 aromatic heterocycles. The van der Waals surface area contributed by atoms with Gasteiger partial charge in [-0.25, -0.2) is 4.79 Å². The van der Waals surface area contributed by atoms with Crippen molar-refractivity contribution in [1.82, 2.24) is 15.1 Å². The van der Waals surface area contributed by atoms with Gasteiger partial charge in [0.05, 0.1) is 31.2 Å². The van der Waals surface area contributed by atoms with E-state index in [1.54, 1.807) is 17.2 Å². The summed E-state index contributed by atoms with van der Waals surface area (Å²) in [6.07, 6.45) is 4.00. The number of morpholine rings is 1. The normalized spacial score (nSPS) is 17.8. The molecule has 2 heterocycles. The number of carbonyl (C=O) groups excluding carboxylic acids is 1. The van der Waals surface area contributed by atoms with Crippen LogP contribution in [-0.4, -0.2) is 40.8 Å². The monoisotopic (exact) mass is 312 g/mol. The highest BCUT2D eigenvalue weighted by atomic mass is 16.5. The highest BCUT2D eigenvalue weighted by Crippen LogP contribution is 2.23. The third-order valence-corrected chi connectivity index (χ3v) is 3.95. The Balaban J connectivity index is 1.64. The van der Waals surface area contributed by atoms with E-state index < -0.39 is 0 Å². The van der Waals surface area contributed by atoms with Gasteiger partial charge < -0.3 is 15.0 Å². The second-order valence-corrected chi connectivity index (χ2v) is 5.46. The molecule has 0 unspecified atom stereocenters. The minimum atomic E-state index is -0.142. The molecule has 1 atom stereocenters. The third kappa shape index (κ3) is 3.84. The Hall–Kier alpha value is -2.47. The van der Waals surface area contributed by atoms with Gasteiger partial charge in [-0.15, -0.1) is 0 Å².